The van der Waals surface area contributed by atoms with E-state index in [1.54, 1.807) is 11.3 Å². The number of nitrogens with zero attached hydrogens (tertiary/aromatic N) is 1. The summed E-state index contributed by atoms with van der Waals surface area (Å²) in [7, 11) is 0. The largest absolute Gasteiger partial charge is 0.493 e. The molecule has 1 N–H and O–H groups in total. The maximum Gasteiger partial charge on any atom is 0.377 e. The number of esters is 1. The predicted molar refractivity (Wildman–Crippen MR) is 113 cm³/mol. The van der Waals surface area contributed by atoms with Crippen molar-refractivity contribution in [2.75, 3.05) is 18.5 Å². The lowest BCUT2D eigenvalue weighted by Gasteiger charge is -2.17. The summed E-state index contributed by atoms with van der Waals surface area (Å²) >= 11 is 1.68. The highest BCUT2D eigenvalue weighted by Gasteiger charge is 2.23. The molecule has 2 aromatic carbocycles. The minimum atomic E-state index is -0.980. The second kappa shape index (κ2) is 8.96. The average molecular weight is 424 g/mol. The van der Waals surface area contributed by atoms with Gasteiger partial charge in [-0.05, 0) is 36.8 Å². The molecule has 1 amide bonds. The Hall–Kier alpha value is -3.39. The number of nitrogens with one attached hydrogen (secondary N) is 1. The van der Waals surface area contributed by atoms with Crippen LogP contribution in [0.4, 0.5) is 5.69 Å². The van der Waals surface area contributed by atoms with Gasteiger partial charge in [0.1, 0.15) is 19.5 Å². The van der Waals surface area contributed by atoms with Gasteiger partial charge in [0.25, 0.3) is 5.91 Å². The second-order valence-electron chi connectivity index (χ2n) is 6.69. The second-order valence-corrected chi connectivity index (χ2v) is 7.80. The lowest BCUT2D eigenvalue weighted by molar-refractivity contribution is -0.153. The van der Waals surface area contributed by atoms with Crippen LogP contribution in [0.25, 0.3) is 10.2 Å². The Bertz CT molecular complexity index is 1060. The zero-order valence-electron chi connectivity index (χ0n) is 16.3. The molecular formula is C22H20N2O5S. The van der Waals surface area contributed by atoms with E-state index in [0.29, 0.717) is 12.3 Å². The number of carbonyl (C=O) groups is 2. The van der Waals surface area contributed by atoms with Crippen molar-refractivity contribution in [3.8, 4) is 0 Å². The summed E-state index contributed by atoms with van der Waals surface area (Å²) in [5, 5.41) is 3.78. The van der Waals surface area contributed by atoms with Crippen LogP contribution in [0.5, 0.6) is 0 Å². The lowest BCUT2D eigenvalue weighted by atomic mass is 10.1. The summed E-state index contributed by atoms with van der Waals surface area (Å²) in [6.07, 6.45) is 0.936. The number of amides is 1. The molecule has 1 aliphatic heterocycles. The third-order valence-electron chi connectivity index (χ3n) is 4.42. The number of ether oxygens (including phenoxy) is 3. The maximum atomic E-state index is 12.3. The van der Waals surface area contributed by atoms with Crippen LogP contribution in [0.1, 0.15) is 17.5 Å². The fraction of sp³-hybridized carbons (Fsp3) is 0.227. The zero-order chi connectivity index (χ0) is 20.9. The molecule has 7 nitrogen and oxygen atoms in total. The number of thiazole rings is 1. The highest BCUT2D eigenvalue weighted by Crippen LogP contribution is 2.24. The lowest BCUT2D eigenvalue weighted by Crippen LogP contribution is -2.31. The van der Waals surface area contributed by atoms with E-state index in [1.165, 1.54) is 17.9 Å². The van der Waals surface area contributed by atoms with Crippen LogP contribution < -0.4 is 5.32 Å². The minimum Gasteiger partial charge on any atom is -0.493 e. The van der Waals surface area contributed by atoms with E-state index in [1.807, 2.05) is 42.5 Å². The SMILES string of the molecule is C[C@H](OC(=O)C1=COCCO1)C(=O)Nc1ccc(Cc2nc3ccccc3s2)cc1. The van der Waals surface area contributed by atoms with Crippen LogP contribution >= 0.6 is 11.3 Å². The summed E-state index contributed by atoms with van der Waals surface area (Å²) in [5.74, 6) is -1.21. The van der Waals surface area contributed by atoms with Crippen molar-refractivity contribution in [1.82, 2.24) is 4.98 Å². The highest BCUT2D eigenvalue weighted by molar-refractivity contribution is 7.18. The monoisotopic (exact) mass is 424 g/mol. The van der Waals surface area contributed by atoms with Crippen LogP contribution in [0, 0.1) is 0 Å². The Morgan fingerprint density at radius 3 is 2.70 bits per heavy atom. The van der Waals surface area contributed by atoms with Crippen molar-refractivity contribution in [3.05, 3.63) is 71.1 Å². The molecule has 2 heterocycles. The van der Waals surface area contributed by atoms with Crippen LogP contribution in [0.3, 0.4) is 0 Å². The van der Waals surface area contributed by atoms with E-state index in [2.05, 4.69) is 16.4 Å². The molecule has 3 aromatic rings. The first-order chi connectivity index (χ1) is 14.6. The number of para-hydroxylation sites is 1. The molecule has 8 heteroatoms. The Morgan fingerprint density at radius 1 is 1.17 bits per heavy atom. The molecule has 30 heavy (non-hydrogen) atoms. The Morgan fingerprint density at radius 2 is 1.97 bits per heavy atom. The van der Waals surface area contributed by atoms with Crippen molar-refractivity contribution in [1.29, 1.82) is 0 Å². The van der Waals surface area contributed by atoms with Crippen LogP contribution in [0.15, 0.2) is 60.6 Å². The number of fused-ring (bicyclic) bond motifs is 1. The Balaban J connectivity index is 1.32. The van der Waals surface area contributed by atoms with E-state index < -0.39 is 18.0 Å². The topological polar surface area (TPSA) is 86.8 Å². The van der Waals surface area contributed by atoms with E-state index in [0.717, 1.165) is 22.5 Å². The first kappa shape index (κ1) is 19.9. The molecule has 0 saturated heterocycles. The van der Waals surface area contributed by atoms with Crippen molar-refractivity contribution < 1.29 is 23.8 Å². The van der Waals surface area contributed by atoms with Gasteiger partial charge in [0, 0.05) is 12.1 Å². The van der Waals surface area contributed by atoms with Gasteiger partial charge < -0.3 is 19.5 Å². The number of aromatic nitrogens is 1. The minimum absolute atomic E-state index is 0.0416. The van der Waals surface area contributed by atoms with Gasteiger partial charge >= 0.3 is 5.97 Å². The first-order valence-corrected chi connectivity index (χ1v) is 10.3. The van der Waals surface area contributed by atoms with Crippen molar-refractivity contribution >= 4 is 39.1 Å². The van der Waals surface area contributed by atoms with E-state index in [4.69, 9.17) is 14.2 Å². The number of hydrogen-bond acceptors (Lipinski definition) is 7. The quantitative estimate of drug-likeness (QED) is 0.608. The molecule has 0 spiro atoms. The molecule has 0 unspecified atom stereocenters. The van der Waals surface area contributed by atoms with Crippen molar-refractivity contribution in [2.24, 2.45) is 0 Å². The normalized spacial score (nSPS) is 14.2. The average Bonchev–Trinajstić information content (AvgIpc) is 3.18. The summed E-state index contributed by atoms with van der Waals surface area (Å²) < 4.78 is 16.5. The molecule has 0 radical (unpaired) electrons. The van der Waals surface area contributed by atoms with E-state index >= 15 is 0 Å². The molecule has 1 aliphatic rings. The van der Waals surface area contributed by atoms with Crippen molar-refractivity contribution in [2.45, 2.75) is 19.4 Å². The number of rotatable bonds is 6. The standard InChI is InChI=1S/C22H20N2O5S/c1-14(29-22(26)18-13-27-10-11-28-18)21(25)23-16-8-6-15(7-9-16)12-20-24-17-4-2-3-5-19(17)30-20/h2-9,13-14H,10-12H2,1H3,(H,23,25)/t14-/m0/s1. The fourth-order valence-corrected chi connectivity index (χ4v) is 3.87. The van der Waals surface area contributed by atoms with Crippen LogP contribution in [-0.4, -0.2) is 36.2 Å². The molecule has 0 bridgehead atoms. The molecule has 4 rings (SSSR count). The summed E-state index contributed by atoms with van der Waals surface area (Å²) in [6.45, 7) is 2.14. The first-order valence-electron chi connectivity index (χ1n) is 9.48. The number of benzene rings is 2. The summed E-state index contributed by atoms with van der Waals surface area (Å²) in [5.41, 5.74) is 2.71. The van der Waals surface area contributed by atoms with E-state index in [9.17, 15) is 9.59 Å². The van der Waals surface area contributed by atoms with E-state index in [-0.39, 0.29) is 12.4 Å². The molecule has 0 aliphatic carbocycles. The van der Waals surface area contributed by atoms with Crippen LogP contribution in [-0.2, 0) is 30.2 Å². The van der Waals surface area contributed by atoms with Gasteiger partial charge in [0.15, 0.2) is 6.10 Å². The predicted octanol–water partition coefficient (Wildman–Crippen LogP) is 3.65. The zero-order valence-corrected chi connectivity index (χ0v) is 17.1. The number of anilines is 1. The molecule has 0 fully saturated rings. The molecule has 154 valence electrons. The van der Waals surface area contributed by atoms with Gasteiger partial charge in [0.05, 0.1) is 15.2 Å². The maximum absolute atomic E-state index is 12.3. The Labute approximate surface area is 177 Å². The number of hydrogen-bond donors (Lipinski definition) is 1. The molecule has 0 saturated carbocycles. The third-order valence-corrected chi connectivity index (χ3v) is 5.45. The molecular weight excluding hydrogens is 404 g/mol. The smallest absolute Gasteiger partial charge is 0.377 e. The highest BCUT2D eigenvalue weighted by atomic mass is 32.1. The summed E-state index contributed by atoms with van der Waals surface area (Å²) in [6, 6.07) is 15.6. The Kier molecular flexibility index (Phi) is 5.94. The summed E-state index contributed by atoms with van der Waals surface area (Å²) in [4.78, 5) is 28.9. The van der Waals surface area contributed by atoms with Gasteiger partial charge in [-0.1, -0.05) is 24.3 Å². The third kappa shape index (κ3) is 4.77. The molecule has 1 aromatic heterocycles. The van der Waals surface area contributed by atoms with Crippen molar-refractivity contribution in [3.63, 3.8) is 0 Å². The van der Waals surface area contributed by atoms with Gasteiger partial charge in [-0.3, -0.25) is 4.79 Å². The van der Waals surface area contributed by atoms with Gasteiger partial charge in [-0.15, -0.1) is 11.3 Å². The number of carbonyl (C=O) groups excluding carboxylic acids is 2. The fourth-order valence-electron chi connectivity index (χ4n) is 2.87. The van der Waals surface area contributed by atoms with Crippen LogP contribution in [0.2, 0.25) is 0 Å². The van der Waals surface area contributed by atoms with Gasteiger partial charge in [-0.2, -0.15) is 0 Å². The van der Waals surface area contributed by atoms with Gasteiger partial charge in [0.2, 0.25) is 5.76 Å². The van der Waals surface area contributed by atoms with Gasteiger partial charge in [-0.25, -0.2) is 9.78 Å². The molecule has 1 atom stereocenters.